The fourth-order valence-electron chi connectivity index (χ4n) is 5.38. The third kappa shape index (κ3) is 4.87. The molecule has 1 N–H and O–H groups in total. The number of hydrogen-bond acceptors (Lipinski definition) is 8. The highest BCUT2D eigenvalue weighted by molar-refractivity contribution is 7.93. The number of rotatable bonds is 5. The van der Waals surface area contributed by atoms with Crippen LogP contribution in [0.15, 0.2) is 64.0 Å². The van der Waals surface area contributed by atoms with E-state index >= 15 is 0 Å². The SMILES string of the molecule is CS(=O)(=Nc1ccc(-c2ccc(-c3nc4c(cc3Cl)N=C(O[C@@H]3CO[C@H]5[C@@H]3OC[C@H]5O)C4)cc2)cc1)C1CC1. The average Bonchev–Trinajstić information content (AvgIpc) is 3.49. The van der Waals surface area contributed by atoms with Crippen molar-refractivity contribution in [2.75, 3.05) is 19.5 Å². The summed E-state index contributed by atoms with van der Waals surface area (Å²) in [5.74, 6) is 0.548. The first-order valence-electron chi connectivity index (χ1n) is 13.1. The number of hydrogen-bond donors (Lipinski definition) is 1. The lowest BCUT2D eigenvalue weighted by Crippen LogP contribution is -2.34. The van der Waals surface area contributed by atoms with E-state index in [1.165, 1.54) is 0 Å². The number of pyridine rings is 1. The minimum absolute atomic E-state index is 0.237. The first kappa shape index (κ1) is 25.2. The molecule has 5 atom stereocenters. The standard InChI is InChI=1S/C29H28ClN3O5S/c1-39(35,20-10-11-20)33-19-8-6-17(7-9-19)16-2-4-18(5-3-16)27-21(30)12-22-23(32-27)13-26(31-22)38-25-15-37-28-24(34)14-36-29(25)28/h2-9,12,20,24-25,28-29,34H,10-11,13-15H2,1H3/t24-,25-,28-,29-,39?/m1/s1. The Kier molecular flexibility index (Phi) is 6.24. The maximum Gasteiger partial charge on any atom is 0.195 e. The number of nitrogens with zero attached hydrogens (tertiary/aromatic N) is 3. The fourth-order valence-corrected chi connectivity index (χ4v) is 7.33. The van der Waals surface area contributed by atoms with Gasteiger partial charge in [0.05, 0.1) is 57.1 Å². The lowest BCUT2D eigenvalue weighted by Gasteiger charge is -2.17. The van der Waals surface area contributed by atoms with Crippen molar-refractivity contribution in [1.29, 1.82) is 0 Å². The summed E-state index contributed by atoms with van der Waals surface area (Å²) in [6, 6.07) is 17.8. The molecule has 39 heavy (non-hydrogen) atoms. The maximum atomic E-state index is 12.7. The molecule has 3 aromatic rings. The van der Waals surface area contributed by atoms with E-state index in [4.69, 9.17) is 30.8 Å². The molecule has 1 saturated carbocycles. The number of aromatic nitrogens is 1. The van der Waals surface area contributed by atoms with Crippen LogP contribution in [0.25, 0.3) is 22.4 Å². The molecule has 0 amide bonds. The summed E-state index contributed by atoms with van der Waals surface area (Å²) in [5.41, 5.74) is 5.95. The van der Waals surface area contributed by atoms with E-state index in [1.807, 2.05) is 54.6 Å². The molecule has 3 aliphatic heterocycles. The van der Waals surface area contributed by atoms with Crippen LogP contribution in [0.1, 0.15) is 18.5 Å². The molecule has 0 radical (unpaired) electrons. The maximum absolute atomic E-state index is 12.7. The van der Waals surface area contributed by atoms with E-state index < -0.39 is 15.8 Å². The number of benzene rings is 2. The summed E-state index contributed by atoms with van der Waals surface area (Å²) in [5, 5.41) is 10.7. The van der Waals surface area contributed by atoms with Gasteiger partial charge in [0.1, 0.15) is 18.3 Å². The van der Waals surface area contributed by atoms with Gasteiger partial charge >= 0.3 is 0 Å². The lowest BCUT2D eigenvalue weighted by atomic mass is 10.0. The first-order chi connectivity index (χ1) is 18.8. The van der Waals surface area contributed by atoms with Gasteiger partial charge in [0.15, 0.2) is 12.0 Å². The number of halogens is 1. The molecule has 8 nitrogen and oxygen atoms in total. The van der Waals surface area contributed by atoms with Crippen LogP contribution in [0.5, 0.6) is 0 Å². The normalized spacial score (nSPS) is 27.0. The molecule has 202 valence electrons. The van der Waals surface area contributed by atoms with Crippen molar-refractivity contribution in [3.63, 3.8) is 0 Å². The Morgan fingerprint density at radius 2 is 1.67 bits per heavy atom. The van der Waals surface area contributed by atoms with Crippen LogP contribution < -0.4 is 0 Å². The minimum atomic E-state index is -2.16. The van der Waals surface area contributed by atoms with Crippen molar-refractivity contribution in [1.82, 2.24) is 4.98 Å². The summed E-state index contributed by atoms with van der Waals surface area (Å²) in [6.45, 7) is 0.606. The fraction of sp³-hybridized carbons (Fsp3) is 0.379. The Bertz CT molecular complexity index is 1580. The second-order valence-corrected chi connectivity index (χ2v) is 13.5. The van der Waals surface area contributed by atoms with Crippen LogP contribution in [-0.4, -0.2) is 69.3 Å². The Morgan fingerprint density at radius 1 is 1.00 bits per heavy atom. The topological polar surface area (TPSA) is 103 Å². The van der Waals surface area contributed by atoms with Crippen molar-refractivity contribution < 1.29 is 23.5 Å². The van der Waals surface area contributed by atoms with Crippen molar-refractivity contribution >= 4 is 38.6 Å². The smallest absolute Gasteiger partial charge is 0.195 e. The molecule has 4 aliphatic rings. The molecule has 4 heterocycles. The monoisotopic (exact) mass is 565 g/mol. The first-order valence-corrected chi connectivity index (χ1v) is 15.5. The summed E-state index contributed by atoms with van der Waals surface area (Å²) in [4.78, 5) is 9.41. The zero-order valence-electron chi connectivity index (χ0n) is 21.3. The zero-order valence-corrected chi connectivity index (χ0v) is 22.9. The highest BCUT2D eigenvalue weighted by Crippen LogP contribution is 2.37. The Labute approximate surface area is 232 Å². The van der Waals surface area contributed by atoms with E-state index in [-0.39, 0.29) is 30.2 Å². The lowest BCUT2D eigenvalue weighted by molar-refractivity contribution is 0.00558. The van der Waals surface area contributed by atoms with Gasteiger partial charge in [-0.15, -0.1) is 0 Å². The molecule has 1 aromatic heterocycles. The summed E-state index contributed by atoms with van der Waals surface area (Å²) in [7, 11) is -2.16. The minimum Gasteiger partial charge on any atom is -0.472 e. The zero-order chi connectivity index (χ0) is 26.7. The number of aliphatic imine (C=N–C) groups is 1. The van der Waals surface area contributed by atoms with Crippen LogP contribution >= 0.6 is 11.6 Å². The summed E-state index contributed by atoms with van der Waals surface area (Å²) >= 11 is 6.63. The van der Waals surface area contributed by atoms with Crippen molar-refractivity contribution in [3.05, 3.63) is 65.3 Å². The largest absolute Gasteiger partial charge is 0.472 e. The third-order valence-corrected chi connectivity index (χ3v) is 10.2. The van der Waals surface area contributed by atoms with E-state index in [0.29, 0.717) is 35.3 Å². The predicted molar refractivity (Wildman–Crippen MR) is 150 cm³/mol. The number of ether oxygens (including phenoxy) is 3. The second-order valence-electron chi connectivity index (χ2n) is 10.6. The third-order valence-electron chi connectivity index (χ3n) is 7.65. The highest BCUT2D eigenvalue weighted by Gasteiger charge is 2.49. The van der Waals surface area contributed by atoms with Gasteiger partial charge in [0, 0.05) is 17.1 Å². The number of fused-ring (bicyclic) bond motifs is 2. The van der Waals surface area contributed by atoms with Crippen molar-refractivity contribution in [3.8, 4) is 22.4 Å². The van der Waals surface area contributed by atoms with Crippen LogP contribution in [0.4, 0.5) is 11.4 Å². The Hall–Kier alpha value is -2.82. The van der Waals surface area contributed by atoms with Gasteiger partial charge in [0.25, 0.3) is 0 Å². The number of aliphatic hydroxyl groups excluding tert-OH is 1. The Morgan fingerprint density at radius 3 is 2.38 bits per heavy atom. The van der Waals surface area contributed by atoms with Crippen molar-refractivity contribution in [2.45, 2.75) is 48.9 Å². The Balaban J connectivity index is 1.05. The molecule has 2 saturated heterocycles. The van der Waals surface area contributed by atoms with Crippen molar-refractivity contribution in [2.24, 2.45) is 9.36 Å². The highest BCUT2D eigenvalue weighted by atomic mass is 35.5. The van der Waals surface area contributed by atoms with E-state index in [9.17, 15) is 9.32 Å². The quantitative estimate of drug-likeness (QED) is 0.462. The molecule has 0 bridgehead atoms. The van der Waals surface area contributed by atoms with Gasteiger partial charge in [-0.25, -0.2) is 14.2 Å². The number of aliphatic hydroxyl groups is 1. The predicted octanol–water partition coefficient (Wildman–Crippen LogP) is 5.09. The van der Waals surface area contributed by atoms with Gasteiger partial charge in [-0.1, -0.05) is 48.0 Å². The molecule has 0 spiro atoms. The van der Waals surface area contributed by atoms with Crippen LogP contribution in [0.2, 0.25) is 5.02 Å². The summed E-state index contributed by atoms with van der Waals surface area (Å²) < 4.78 is 34.6. The molecule has 3 fully saturated rings. The molecule has 10 heteroatoms. The second kappa shape index (κ2) is 9.67. The van der Waals surface area contributed by atoms with Crippen LogP contribution in [0.3, 0.4) is 0 Å². The molecular weight excluding hydrogens is 538 g/mol. The van der Waals surface area contributed by atoms with Gasteiger partial charge in [-0.2, -0.15) is 4.36 Å². The molecule has 7 rings (SSSR count). The van der Waals surface area contributed by atoms with Crippen LogP contribution in [-0.2, 0) is 30.4 Å². The van der Waals surface area contributed by atoms with Gasteiger partial charge in [0.2, 0.25) is 0 Å². The molecule has 2 aromatic carbocycles. The molecule has 1 aliphatic carbocycles. The average molecular weight is 566 g/mol. The van der Waals surface area contributed by atoms with E-state index in [1.54, 1.807) is 6.26 Å². The van der Waals surface area contributed by atoms with Gasteiger partial charge in [-0.3, -0.25) is 0 Å². The van der Waals surface area contributed by atoms with E-state index in [2.05, 4.69) is 9.36 Å². The van der Waals surface area contributed by atoms with Gasteiger partial charge in [-0.05, 0) is 42.2 Å². The van der Waals surface area contributed by atoms with Crippen LogP contribution in [0, 0.1) is 0 Å². The summed E-state index contributed by atoms with van der Waals surface area (Å²) in [6.07, 6.45) is 2.65. The van der Waals surface area contributed by atoms with Gasteiger partial charge < -0.3 is 19.3 Å². The van der Waals surface area contributed by atoms with E-state index in [0.717, 1.165) is 40.9 Å². The molecule has 1 unspecified atom stereocenters. The molecular formula is C29H28ClN3O5S.